The molecule has 1 saturated heterocycles. The molecule has 0 spiro atoms. The summed E-state index contributed by atoms with van der Waals surface area (Å²) in [5.74, 6) is 6.79. The molecular weight excluding hydrogens is 347 g/mol. The van der Waals surface area contributed by atoms with Crippen LogP contribution in [0.3, 0.4) is 0 Å². The molecule has 0 radical (unpaired) electrons. The summed E-state index contributed by atoms with van der Waals surface area (Å²) < 4.78 is 30.6. The predicted molar refractivity (Wildman–Crippen MR) is 105 cm³/mol. The Morgan fingerprint density at radius 2 is 1.88 bits per heavy atom. The highest BCUT2D eigenvalue weighted by molar-refractivity contribution is 6.74. The molecule has 5 heteroatoms. The van der Waals surface area contributed by atoms with Crippen molar-refractivity contribution in [1.29, 1.82) is 0 Å². The highest BCUT2D eigenvalue weighted by Gasteiger charge is 2.36. The standard InChI is InChI=1S/C21H31FO3Si/c1-21(2,3)26(4,5)24-15-7-6-8-19-13-14-20(25-19)16-23-18-11-9-17(22)10-12-18/h9-12,19-20H,7,13-16H2,1-5H3/t19-,20+/m1/s1. The fourth-order valence-corrected chi connectivity index (χ4v) is 3.46. The maximum atomic E-state index is 12.9. The molecule has 0 saturated carbocycles. The molecule has 0 aliphatic carbocycles. The van der Waals surface area contributed by atoms with Gasteiger partial charge in [0, 0.05) is 13.0 Å². The number of hydrogen-bond acceptors (Lipinski definition) is 3. The van der Waals surface area contributed by atoms with Gasteiger partial charge < -0.3 is 13.9 Å². The normalized spacial score (nSPS) is 20.5. The summed E-state index contributed by atoms with van der Waals surface area (Å²) >= 11 is 0. The molecule has 1 aromatic carbocycles. The van der Waals surface area contributed by atoms with Gasteiger partial charge in [0.05, 0.1) is 6.10 Å². The van der Waals surface area contributed by atoms with Crippen molar-refractivity contribution in [3.63, 3.8) is 0 Å². The first-order valence-corrected chi connectivity index (χ1v) is 12.2. The molecule has 1 aromatic rings. The van der Waals surface area contributed by atoms with Crippen LogP contribution in [0.4, 0.5) is 4.39 Å². The van der Waals surface area contributed by atoms with Crippen LogP contribution in [-0.2, 0) is 9.16 Å². The summed E-state index contributed by atoms with van der Waals surface area (Å²) in [7, 11) is -1.68. The third-order valence-electron chi connectivity index (χ3n) is 5.12. The van der Waals surface area contributed by atoms with E-state index in [0.29, 0.717) is 19.0 Å². The fraction of sp³-hybridized carbons (Fsp3) is 0.619. The lowest BCUT2D eigenvalue weighted by molar-refractivity contribution is 0.0419. The van der Waals surface area contributed by atoms with Crippen molar-refractivity contribution in [3.8, 4) is 17.6 Å². The zero-order valence-electron chi connectivity index (χ0n) is 16.6. The number of ether oxygens (including phenoxy) is 2. The molecule has 1 aliphatic heterocycles. The topological polar surface area (TPSA) is 27.7 Å². The molecule has 0 amide bonds. The molecular formula is C21H31FO3Si. The van der Waals surface area contributed by atoms with Crippen molar-refractivity contribution < 1.29 is 18.3 Å². The van der Waals surface area contributed by atoms with Gasteiger partial charge in [-0.2, -0.15) is 0 Å². The van der Waals surface area contributed by atoms with Gasteiger partial charge in [0.2, 0.25) is 0 Å². The Morgan fingerprint density at radius 1 is 1.19 bits per heavy atom. The molecule has 0 aromatic heterocycles. The van der Waals surface area contributed by atoms with Crippen LogP contribution in [-0.4, -0.2) is 33.7 Å². The largest absolute Gasteiger partial charge is 0.491 e. The Morgan fingerprint density at radius 3 is 2.54 bits per heavy atom. The van der Waals surface area contributed by atoms with Gasteiger partial charge in [0.1, 0.15) is 24.3 Å². The maximum absolute atomic E-state index is 12.9. The van der Waals surface area contributed by atoms with E-state index in [1.807, 2.05) is 0 Å². The van der Waals surface area contributed by atoms with Crippen LogP contribution in [0.1, 0.15) is 40.0 Å². The average Bonchev–Trinajstić information content (AvgIpc) is 3.01. The minimum absolute atomic E-state index is 0.0234. The van der Waals surface area contributed by atoms with E-state index in [1.54, 1.807) is 12.1 Å². The van der Waals surface area contributed by atoms with Gasteiger partial charge in [0.25, 0.3) is 0 Å². The monoisotopic (exact) mass is 378 g/mol. The first-order chi connectivity index (χ1) is 12.2. The van der Waals surface area contributed by atoms with Crippen LogP contribution in [0.15, 0.2) is 24.3 Å². The molecule has 0 bridgehead atoms. The van der Waals surface area contributed by atoms with E-state index in [9.17, 15) is 4.39 Å². The van der Waals surface area contributed by atoms with Gasteiger partial charge in [-0.1, -0.05) is 32.6 Å². The van der Waals surface area contributed by atoms with E-state index in [0.717, 1.165) is 19.3 Å². The van der Waals surface area contributed by atoms with Gasteiger partial charge in [-0.3, -0.25) is 0 Å². The Bertz CT molecular complexity index is 625. The molecule has 2 atom stereocenters. The van der Waals surface area contributed by atoms with Gasteiger partial charge in [0.15, 0.2) is 8.32 Å². The molecule has 1 heterocycles. The molecule has 1 fully saturated rings. The molecule has 0 unspecified atom stereocenters. The van der Waals surface area contributed by atoms with E-state index in [1.165, 1.54) is 12.1 Å². The molecule has 1 aliphatic rings. The maximum Gasteiger partial charge on any atom is 0.192 e. The highest BCUT2D eigenvalue weighted by atomic mass is 28.4. The van der Waals surface area contributed by atoms with Crippen LogP contribution < -0.4 is 4.74 Å². The molecule has 2 rings (SSSR count). The Balaban J connectivity index is 1.66. The first kappa shape index (κ1) is 21.0. The van der Waals surface area contributed by atoms with Gasteiger partial charge in [-0.15, -0.1) is 0 Å². The van der Waals surface area contributed by atoms with Gasteiger partial charge in [-0.05, 0) is 55.2 Å². The van der Waals surface area contributed by atoms with Crippen LogP contribution in [0.5, 0.6) is 5.75 Å². The number of rotatable bonds is 6. The van der Waals surface area contributed by atoms with Crippen LogP contribution in [0.25, 0.3) is 0 Å². The van der Waals surface area contributed by atoms with E-state index in [-0.39, 0.29) is 23.1 Å². The lowest BCUT2D eigenvalue weighted by Crippen LogP contribution is -2.40. The third kappa shape index (κ3) is 6.42. The number of hydrogen-bond donors (Lipinski definition) is 0. The summed E-state index contributed by atoms with van der Waals surface area (Å²) in [6.07, 6.45) is 2.62. The minimum Gasteiger partial charge on any atom is -0.491 e. The lowest BCUT2D eigenvalue weighted by atomic mass is 10.2. The van der Waals surface area contributed by atoms with E-state index >= 15 is 0 Å². The Labute approximate surface area is 158 Å². The van der Waals surface area contributed by atoms with Crippen molar-refractivity contribution in [2.24, 2.45) is 0 Å². The van der Waals surface area contributed by atoms with E-state index in [2.05, 4.69) is 45.7 Å². The zero-order chi connectivity index (χ0) is 19.2. The van der Waals surface area contributed by atoms with Crippen molar-refractivity contribution >= 4 is 8.32 Å². The van der Waals surface area contributed by atoms with Crippen LogP contribution in [0.2, 0.25) is 18.1 Å². The number of benzene rings is 1. The van der Waals surface area contributed by atoms with Crippen molar-refractivity contribution in [2.45, 2.75) is 70.4 Å². The van der Waals surface area contributed by atoms with Crippen molar-refractivity contribution in [2.75, 3.05) is 13.2 Å². The summed E-state index contributed by atoms with van der Waals surface area (Å²) in [6.45, 7) is 12.4. The molecule has 144 valence electrons. The summed E-state index contributed by atoms with van der Waals surface area (Å²) in [5.41, 5.74) is 0. The van der Waals surface area contributed by atoms with Gasteiger partial charge >= 0.3 is 0 Å². The second-order valence-corrected chi connectivity index (χ2v) is 13.1. The fourth-order valence-electron chi connectivity index (χ4n) is 2.41. The zero-order valence-corrected chi connectivity index (χ0v) is 17.6. The second-order valence-electron chi connectivity index (χ2n) is 8.27. The third-order valence-corrected chi connectivity index (χ3v) is 9.65. The van der Waals surface area contributed by atoms with Crippen LogP contribution in [0, 0.1) is 17.7 Å². The predicted octanol–water partition coefficient (Wildman–Crippen LogP) is 5.17. The first-order valence-electron chi connectivity index (χ1n) is 9.33. The summed E-state index contributed by atoms with van der Waals surface area (Å²) in [6, 6.07) is 6.05. The highest BCUT2D eigenvalue weighted by Crippen LogP contribution is 2.36. The SMILES string of the molecule is CC(C)(C)[Si](C)(C)OCCC#C[C@@H]1CC[C@@H](COc2ccc(F)cc2)O1. The molecule has 0 N–H and O–H groups in total. The van der Waals surface area contributed by atoms with E-state index < -0.39 is 8.32 Å². The number of halogens is 1. The Kier molecular flexibility index (Phi) is 7.28. The average molecular weight is 379 g/mol. The van der Waals surface area contributed by atoms with Crippen LogP contribution >= 0.6 is 0 Å². The minimum atomic E-state index is -1.68. The molecule has 26 heavy (non-hydrogen) atoms. The van der Waals surface area contributed by atoms with Gasteiger partial charge in [-0.25, -0.2) is 4.39 Å². The Hall–Kier alpha value is -1.35. The summed E-state index contributed by atoms with van der Waals surface area (Å²) in [4.78, 5) is 0. The lowest BCUT2D eigenvalue weighted by Gasteiger charge is -2.35. The quantitative estimate of drug-likeness (QED) is 0.388. The van der Waals surface area contributed by atoms with Crippen molar-refractivity contribution in [3.05, 3.63) is 30.1 Å². The van der Waals surface area contributed by atoms with Crippen molar-refractivity contribution in [1.82, 2.24) is 0 Å². The smallest absolute Gasteiger partial charge is 0.192 e. The van der Waals surface area contributed by atoms with E-state index in [4.69, 9.17) is 13.9 Å². The summed E-state index contributed by atoms with van der Waals surface area (Å²) in [5, 5.41) is 0.229. The molecule has 3 nitrogen and oxygen atoms in total. The second kappa shape index (κ2) is 9.03.